The molecule has 1 heterocycles. The largest absolute Gasteiger partial charge is 0.478 e. The number of halogens is 4. The summed E-state index contributed by atoms with van der Waals surface area (Å²) in [6, 6.07) is 5.04. The lowest BCUT2D eigenvalue weighted by Gasteiger charge is -2.07. The number of carbonyl (C=O) groups is 1. The minimum absolute atomic E-state index is 0.349. The summed E-state index contributed by atoms with van der Waals surface area (Å²) in [5, 5.41) is 12.3. The van der Waals surface area contributed by atoms with Gasteiger partial charge in [-0.2, -0.15) is 5.10 Å². The number of hydrogen-bond donors (Lipinski definition) is 1. The number of alkyl halides is 2. The molecule has 106 valence electrons. The monoisotopic (exact) mass is 364 g/mol. The SMILES string of the molecule is Cc1cc(Br)ccc1-n1nc(C(F)F)c(C(=O)O)c1Cl. The molecule has 1 aromatic carbocycles. The molecule has 0 fully saturated rings. The lowest BCUT2D eigenvalue weighted by molar-refractivity contribution is 0.0684. The molecule has 0 amide bonds. The highest BCUT2D eigenvalue weighted by Gasteiger charge is 2.28. The third kappa shape index (κ3) is 2.55. The van der Waals surface area contributed by atoms with Crippen molar-refractivity contribution >= 4 is 33.5 Å². The van der Waals surface area contributed by atoms with E-state index >= 15 is 0 Å². The molecule has 0 saturated heterocycles. The third-order valence-electron chi connectivity index (χ3n) is 2.66. The Bertz CT molecular complexity index is 688. The molecule has 1 aromatic heterocycles. The third-order valence-corrected chi connectivity index (χ3v) is 3.51. The Morgan fingerprint density at radius 2 is 2.15 bits per heavy atom. The molecular weight excluding hydrogens is 357 g/mol. The summed E-state index contributed by atoms with van der Waals surface area (Å²) in [5.74, 6) is -1.54. The molecule has 0 aliphatic heterocycles. The summed E-state index contributed by atoms with van der Waals surface area (Å²) in [6.07, 6.45) is -3.02. The minimum atomic E-state index is -3.02. The van der Waals surface area contributed by atoms with Crippen LogP contribution >= 0.6 is 27.5 Å². The van der Waals surface area contributed by atoms with Gasteiger partial charge in [-0.1, -0.05) is 27.5 Å². The molecule has 0 spiro atoms. The molecule has 1 N–H and O–H groups in total. The number of aromatic carboxylic acids is 1. The van der Waals surface area contributed by atoms with Crippen LogP contribution in [-0.2, 0) is 0 Å². The Morgan fingerprint density at radius 1 is 1.50 bits per heavy atom. The van der Waals surface area contributed by atoms with Gasteiger partial charge in [0.15, 0.2) is 0 Å². The van der Waals surface area contributed by atoms with E-state index in [4.69, 9.17) is 16.7 Å². The Labute approximate surface area is 126 Å². The van der Waals surface area contributed by atoms with Crippen molar-refractivity contribution in [3.05, 3.63) is 44.6 Å². The van der Waals surface area contributed by atoms with Crippen LogP contribution in [0.5, 0.6) is 0 Å². The van der Waals surface area contributed by atoms with Crippen LogP contribution in [0.2, 0.25) is 5.15 Å². The fraction of sp³-hybridized carbons (Fsp3) is 0.167. The zero-order chi connectivity index (χ0) is 15.0. The number of benzene rings is 1. The van der Waals surface area contributed by atoms with E-state index in [0.717, 1.165) is 9.15 Å². The quantitative estimate of drug-likeness (QED) is 0.885. The number of aromatic nitrogens is 2. The topological polar surface area (TPSA) is 55.1 Å². The number of carboxylic acids is 1. The molecule has 0 unspecified atom stereocenters. The van der Waals surface area contributed by atoms with Crippen LogP contribution in [0.15, 0.2) is 22.7 Å². The van der Waals surface area contributed by atoms with Crippen LogP contribution in [0.3, 0.4) is 0 Å². The molecule has 20 heavy (non-hydrogen) atoms. The van der Waals surface area contributed by atoms with Gasteiger partial charge in [-0.3, -0.25) is 0 Å². The van der Waals surface area contributed by atoms with Gasteiger partial charge in [-0.25, -0.2) is 18.3 Å². The molecule has 0 saturated carbocycles. The molecule has 4 nitrogen and oxygen atoms in total. The first-order valence-electron chi connectivity index (χ1n) is 5.39. The second-order valence-electron chi connectivity index (χ2n) is 4.00. The highest BCUT2D eigenvalue weighted by atomic mass is 79.9. The first kappa shape index (κ1) is 14.9. The van der Waals surface area contributed by atoms with Crippen molar-refractivity contribution in [3.63, 3.8) is 0 Å². The van der Waals surface area contributed by atoms with Crippen LogP contribution in [0.1, 0.15) is 28.0 Å². The van der Waals surface area contributed by atoms with Crippen LogP contribution in [0.4, 0.5) is 8.78 Å². The summed E-state index contributed by atoms with van der Waals surface area (Å²) in [5.41, 5.74) is -0.372. The second kappa shape index (κ2) is 5.49. The fourth-order valence-electron chi connectivity index (χ4n) is 1.78. The standard InChI is InChI=1S/C12H8BrClF2N2O2/c1-5-4-6(13)2-3-7(5)18-10(14)8(12(19)20)9(17-18)11(15)16/h2-4,11H,1H3,(H,19,20). The molecule has 0 bridgehead atoms. The van der Waals surface area contributed by atoms with Gasteiger partial charge in [0.25, 0.3) is 6.43 Å². The lowest BCUT2D eigenvalue weighted by atomic mass is 10.2. The summed E-state index contributed by atoms with van der Waals surface area (Å²) in [4.78, 5) is 11.1. The van der Waals surface area contributed by atoms with Gasteiger partial charge >= 0.3 is 5.97 Å². The van der Waals surface area contributed by atoms with Gasteiger partial charge in [0, 0.05) is 4.47 Å². The number of aryl methyl sites for hydroxylation is 1. The van der Waals surface area contributed by atoms with E-state index in [1.165, 1.54) is 0 Å². The second-order valence-corrected chi connectivity index (χ2v) is 5.27. The average Bonchev–Trinajstić information content (AvgIpc) is 2.67. The molecule has 0 radical (unpaired) electrons. The lowest BCUT2D eigenvalue weighted by Crippen LogP contribution is -2.01. The number of rotatable bonds is 3. The number of hydrogen-bond acceptors (Lipinski definition) is 2. The molecule has 0 aliphatic carbocycles. The molecule has 2 rings (SSSR count). The fourth-order valence-corrected chi connectivity index (χ4v) is 2.56. The summed E-state index contributed by atoms with van der Waals surface area (Å²) in [7, 11) is 0. The van der Waals surface area contributed by atoms with Crippen LogP contribution in [-0.4, -0.2) is 20.9 Å². The predicted molar refractivity (Wildman–Crippen MR) is 72.9 cm³/mol. The van der Waals surface area contributed by atoms with Crippen molar-refractivity contribution in [2.24, 2.45) is 0 Å². The Balaban J connectivity index is 2.69. The highest BCUT2D eigenvalue weighted by Crippen LogP contribution is 2.31. The van der Waals surface area contributed by atoms with E-state index in [1.54, 1.807) is 25.1 Å². The van der Waals surface area contributed by atoms with Crippen molar-refractivity contribution in [1.29, 1.82) is 0 Å². The van der Waals surface area contributed by atoms with Crippen molar-refractivity contribution in [2.75, 3.05) is 0 Å². The van der Waals surface area contributed by atoms with E-state index in [2.05, 4.69) is 21.0 Å². The highest BCUT2D eigenvalue weighted by molar-refractivity contribution is 9.10. The molecule has 2 aromatic rings. The van der Waals surface area contributed by atoms with E-state index < -0.39 is 23.7 Å². The first-order chi connectivity index (χ1) is 9.32. The first-order valence-corrected chi connectivity index (χ1v) is 6.56. The van der Waals surface area contributed by atoms with Crippen molar-refractivity contribution < 1.29 is 18.7 Å². The van der Waals surface area contributed by atoms with Gasteiger partial charge in [-0.15, -0.1) is 0 Å². The smallest absolute Gasteiger partial charge is 0.341 e. The van der Waals surface area contributed by atoms with Gasteiger partial charge in [-0.05, 0) is 30.7 Å². The van der Waals surface area contributed by atoms with Crippen LogP contribution in [0.25, 0.3) is 5.69 Å². The van der Waals surface area contributed by atoms with Gasteiger partial charge in [0.05, 0.1) is 5.69 Å². The van der Waals surface area contributed by atoms with Gasteiger partial charge < -0.3 is 5.11 Å². The summed E-state index contributed by atoms with van der Waals surface area (Å²) in [6.45, 7) is 1.74. The van der Waals surface area contributed by atoms with Crippen molar-refractivity contribution in [1.82, 2.24) is 9.78 Å². The van der Waals surface area contributed by atoms with Crippen LogP contribution in [0, 0.1) is 6.92 Å². The van der Waals surface area contributed by atoms with Crippen molar-refractivity contribution in [3.8, 4) is 5.69 Å². The zero-order valence-corrected chi connectivity index (χ0v) is 12.4. The van der Waals surface area contributed by atoms with E-state index in [-0.39, 0.29) is 5.15 Å². The van der Waals surface area contributed by atoms with E-state index in [9.17, 15) is 13.6 Å². The van der Waals surface area contributed by atoms with E-state index in [0.29, 0.717) is 11.3 Å². The van der Waals surface area contributed by atoms with Gasteiger partial charge in [0.1, 0.15) is 16.4 Å². The molecular formula is C12H8BrClF2N2O2. The normalized spacial score (nSPS) is 11.1. The Hall–Kier alpha value is -1.47. The maximum Gasteiger partial charge on any atom is 0.341 e. The summed E-state index contributed by atoms with van der Waals surface area (Å²) >= 11 is 9.17. The van der Waals surface area contributed by atoms with Crippen LogP contribution < -0.4 is 0 Å². The predicted octanol–water partition coefficient (Wildman–Crippen LogP) is 4.23. The number of carboxylic acid groups (broad SMARTS) is 1. The zero-order valence-electron chi connectivity index (χ0n) is 10.1. The van der Waals surface area contributed by atoms with E-state index in [1.807, 2.05) is 0 Å². The summed E-state index contributed by atoms with van der Waals surface area (Å²) < 4.78 is 27.5. The average molecular weight is 366 g/mol. The van der Waals surface area contributed by atoms with Crippen molar-refractivity contribution in [2.45, 2.75) is 13.3 Å². The Kier molecular flexibility index (Phi) is 4.10. The number of nitrogens with zero attached hydrogens (tertiary/aromatic N) is 2. The van der Waals surface area contributed by atoms with Gasteiger partial charge in [0.2, 0.25) is 0 Å². The maximum atomic E-state index is 12.9. The maximum absolute atomic E-state index is 12.9. The molecule has 8 heteroatoms. The minimum Gasteiger partial charge on any atom is -0.478 e. The molecule has 0 atom stereocenters. The Morgan fingerprint density at radius 3 is 2.60 bits per heavy atom. The molecule has 0 aliphatic rings.